The number of aromatic nitrogens is 2. The zero-order valence-electron chi connectivity index (χ0n) is 20.9. The van der Waals surface area contributed by atoms with Gasteiger partial charge in [0.25, 0.3) is 11.8 Å². The van der Waals surface area contributed by atoms with Gasteiger partial charge in [0.15, 0.2) is 0 Å². The molecule has 188 valence electrons. The quantitative estimate of drug-likeness (QED) is 0.379. The number of nitrogens with zero attached hydrogens (tertiary/aromatic N) is 3. The topological polar surface area (TPSA) is 67.2 Å². The second-order valence-corrected chi connectivity index (χ2v) is 9.58. The van der Waals surface area contributed by atoms with Crippen molar-refractivity contribution in [3.05, 3.63) is 107 Å². The number of aryl methyl sites for hydroxylation is 2. The number of anilines is 1. The third-order valence-corrected chi connectivity index (χ3v) is 7.04. The molecule has 0 spiro atoms. The van der Waals surface area contributed by atoms with Gasteiger partial charge in [-0.1, -0.05) is 30.3 Å². The molecule has 1 aliphatic heterocycles. The number of amides is 2. The van der Waals surface area contributed by atoms with Crippen LogP contribution in [0, 0.1) is 12.7 Å². The summed E-state index contributed by atoms with van der Waals surface area (Å²) in [6.07, 6.45) is 5.67. The molecule has 6 nitrogen and oxygen atoms in total. The van der Waals surface area contributed by atoms with Crippen molar-refractivity contribution in [3.8, 4) is 11.1 Å². The third kappa shape index (κ3) is 5.45. The smallest absolute Gasteiger partial charge is 0.255 e. The summed E-state index contributed by atoms with van der Waals surface area (Å²) in [5.41, 5.74) is 5.85. The largest absolute Gasteiger partial charge is 0.339 e. The maximum Gasteiger partial charge on any atom is 0.255 e. The number of benzene rings is 3. The van der Waals surface area contributed by atoms with Crippen LogP contribution < -0.4 is 5.32 Å². The Morgan fingerprint density at radius 1 is 0.919 bits per heavy atom. The molecular weight excluding hydrogens is 467 g/mol. The monoisotopic (exact) mass is 496 g/mol. The Morgan fingerprint density at radius 2 is 1.59 bits per heavy atom. The van der Waals surface area contributed by atoms with Gasteiger partial charge >= 0.3 is 0 Å². The van der Waals surface area contributed by atoms with Crippen LogP contribution in [0.15, 0.2) is 79.1 Å². The van der Waals surface area contributed by atoms with Crippen LogP contribution >= 0.6 is 0 Å². The van der Waals surface area contributed by atoms with Gasteiger partial charge in [0.1, 0.15) is 5.82 Å². The van der Waals surface area contributed by atoms with E-state index in [1.165, 1.54) is 29.8 Å². The van der Waals surface area contributed by atoms with Crippen molar-refractivity contribution in [2.24, 2.45) is 7.05 Å². The molecule has 1 aromatic heterocycles. The molecule has 0 unspecified atom stereocenters. The van der Waals surface area contributed by atoms with Crippen LogP contribution in [0.4, 0.5) is 10.1 Å². The van der Waals surface area contributed by atoms with Crippen LogP contribution in [0.1, 0.15) is 50.6 Å². The van der Waals surface area contributed by atoms with Crippen LogP contribution in [-0.4, -0.2) is 39.6 Å². The number of nitrogens with one attached hydrogen (secondary N) is 1. The highest BCUT2D eigenvalue weighted by Crippen LogP contribution is 2.31. The molecule has 1 saturated heterocycles. The van der Waals surface area contributed by atoms with Crippen molar-refractivity contribution in [3.63, 3.8) is 0 Å². The first kappa shape index (κ1) is 24.4. The number of rotatable bonds is 5. The average molecular weight is 497 g/mol. The van der Waals surface area contributed by atoms with Gasteiger partial charge in [-0.15, -0.1) is 0 Å². The van der Waals surface area contributed by atoms with E-state index in [0.717, 1.165) is 29.5 Å². The highest BCUT2D eigenvalue weighted by Gasteiger charge is 2.25. The van der Waals surface area contributed by atoms with Gasteiger partial charge < -0.3 is 10.2 Å². The fraction of sp³-hybridized carbons (Fsp3) is 0.233. The van der Waals surface area contributed by atoms with Gasteiger partial charge in [-0.3, -0.25) is 14.3 Å². The molecule has 1 fully saturated rings. The van der Waals surface area contributed by atoms with E-state index >= 15 is 0 Å². The van der Waals surface area contributed by atoms with Crippen molar-refractivity contribution in [2.75, 3.05) is 18.4 Å². The number of hydrogen-bond acceptors (Lipinski definition) is 3. The minimum atomic E-state index is -0.397. The van der Waals surface area contributed by atoms with E-state index in [1.54, 1.807) is 16.8 Å². The Labute approximate surface area is 215 Å². The predicted molar refractivity (Wildman–Crippen MR) is 142 cm³/mol. The zero-order chi connectivity index (χ0) is 25.9. The molecule has 1 N–H and O–H groups in total. The van der Waals surface area contributed by atoms with Crippen molar-refractivity contribution < 1.29 is 14.0 Å². The lowest BCUT2D eigenvalue weighted by Gasteiger charge is -2.32. The van der Waals surface area contributed by atoms with Crippen molar-refractivity contribution in [1.29, 1.82) is 0 Å². The first-order chi connectivity index (χ1) is 17.9. The van der Waals surface area contributed by atoms with Gasteiger partial charge in [0.2, 0.25) is 0 Å². The van der Waals surface area contributed by atoms with Crippen LogP contribution in [-0.2, 0) is 7.05 Å². The molecule has 0 bridgehead atoms. The average Bonchev–Trinajstić information content (AvgIpc) is 3.36. The molecule has 2 heterocycles. The van der Waals surface area contributed by atoms with E-state index in [9.17, 15) is 14.0 Å². The number of halogens is 1. The summed E-state index contributed by atoms with van der Waals surface area (Å²) in [5, 5.41) is 7.10. The van der Waals surface area contributed by atoms with Gasteiger partial charge in [-0.05, 0) is 78.8 Å². The lowest BCUT2D eigenvalue weighted by molar-refractivity contribution is 0.0712. The number of carbonyl (C=O) groups excluding carboxylic acids is 2. The summed E-state index contributed by atoms with van der Waals surface area (Å²) in [6, 6.07) is 19.4. The third-order valence-electron chi connectivity index (χ3n) is 7.04. The molecule has 4 aromatic rings. The maximum atomic E-state index is 13.3. The SMILES string of the molecule is Cc1ccc(C(=O)N2CCC(c3ccc(-c4cnn(C)c4)cc3)CC2)cc1NC(=O)c1ccc(F)cc1. The summed E-state index contributed by atoms with van der Waals surface area (Å²) >= 11 is 0. The Bertz CT molecular complexity index is 1420. The highest BCUT2D eigenvalue weighted by molar-refractivity contribution is 6.05. The van der Waals surface area contributed by atoms with Gasteiger partial charge in [0, 0.05) is 48.7 Å². The van der Waals surface area contributed by atoms with Gasteiger partial charge in [0.05, 0.1) is 6.20 Å². The number of piperidine rings is 1. The van der Waals surface area contributed by atoms with Crippen LogP contribution in [0.5, 0.6) is 0 Å². The molecule has 0 saturated carbocycles. The first-order valence-corrected chi connectivity index (χ1v) is 12.4. The molecule has 2 amide bonds. The molecular formula is C30H29FN4O2. The molecule has 0 aliphatic carbocycles. The summed E-state index contributed by atoms with van der Waals surface area (Å²) < 4.78 is 15.0. The zero-order valence-corrected chi connectivity index (χ0v) is 20.9. The lowest BCUT2D eigenvalue weighted by atomic mass is 9.88. The second-order valence-electron chi connectivity index (χ2n) is 9.58. The molecule has 7 heteroatoms. The summed E-state index contributed by atoms with van der Waals surface area (Å²) in [4.78, 5) is 27.8. The Hall–Kier alpha value is -4.26. The van der Waals surface area contributed by atoms with Gasteiger partial charge in [-0.2, -0.15) is 5.10 Å². The molecule has 3 aromatic carbocycles. The minimum absolute atomic E-state index is 0.0392. The summed E-state index contributed by atoms with van der Waals surface area (Å²) in [5.74, 6) is -0.368. The normalized spacial score (nSPS) is 14.0. The number of carbonyl (C=O) groups is 2. The molecule has 5 rings (SSSR count). The van der Waals surface area contributed by atoms with Crippen LogP contribution in [0.25, 0.3) is 11.1 Å². The lowest BCUT2D eigenvalue weighted by Crippen LogP contribution is -2.38. The minimum Gasteiger partial charge on any atom is -0.339 e. The fourth-order valence-electron chi connectivity index (χ4n) is 4.80. The van der Waals surface area contributed by atoms with E-state index in [0.29, 0.717) is 35.8 Å². The fourth-order valence-corrected chi connectivity index (χ4v) is 4.80. The maximum absolute atomic E-state index is 13.3. The van der Waals surface area contributed by atoms with Crippen LogP contribution in [0.3, 0.4) is 0 Å². The van der Waals surface area contributed by atoms with Crippen molar-refractivity contribution >= 4 is 17.5 Å². The molecule has 37 heavy (non-hydrogen) atoms. The van der Waals surface area contributed by atoms with E-state index in [2.05, 4.69) is 34.7 Å². The number of hydrogen-bond donors (Lipinski definition) is 1. The molecule has 1 aliphatic rings. The van der Waals surface area contributed by atoms with Gasteiger partial charge in [-0.25, -0.2) is 4.39 Å². The van der Waals surface area contributed by atoms with E-state index in [-0.39, 0.29) is 11.8 Å². The van der Waals surface area contributed by atoms with Crippen molar-refractivity contribution in [2.45, 2.75) is 25.7 Å². The van der Waals surface area contributed by atoms with Crippen molar-refractivity contribution in [1.82, 2.24) is 14.7 Å². The van der Waals surface area contributed by atoms with E-state index in [4.69, 9.17) is 0 Å². The van der Waals surface area contributed by atoms with E-state index < -0.39 is 5.82 Å². The highest BCUT2D eigenvalue weighted by atomic mass is 19.1. The predicted octanol–water partition coefficient (Wildman–Crippen LogP) is 5.81. The summed E-state index contributed by atoms with van der Waals surface area (Å²) in [6.45, 7) is 3.23. The second kappa shape index (κ2) is 10.4. The first-order valence-electron chi connectivity index (χ1n) is 12.4. The standard InChI is InChI=1S/C30H29FN4O2/c1-20-3-4-25(17-28(20)33-29(36)24-9-11-27(31)12-10-24)30(37)35-15-13-23(14-16-35)21-5-7-22(8-6-21)26-18-32-34(2)19-26/h3-12,17-19,23H,13-16H2,1-2H3,(H,33,36). The van der Waals surface area contributed by atoms with E-state index in [1.807, 2.05) is 37.3 Å². The Balaban J connectivity index is 1.21. The molecule has 0 radical (unpaired) electrons. The molecule has 0 atom stereocenters. The Morgan fingerprint density at radius 3 is 2.24 bits per heavy atom. The summed E-state index contributed by atoms with van der Waals surface area (Å²) in [7, 11) is 1.91. The number of likely N-dealkylation sites (tertiary alicyclic amines) is 1. The van der Waals surface area contributed by atoms with Crippen LogP contribution in [0.2, 0.25) is 0 Å². The Kier molecular flexibility index (Phi) is 6.86.